The second-order valence-electron chi connectivity index (χ2n) is 5.58. The molecule has 110 valence electrons. The van der Waals surface area contributed by atoms with Crippen LogP contribution in [0.5, 0.6) is 5.75 Å². The number of nitrogens with two attached hydrogens (primary N) is 1. The number of nitrogens with zero attached hydrogens (tertiary/aromatic N) is 1. The third-order valence-corrected chi connectivity index (χ3v) is 4.19. The van der Waals surface area contributed by atoms with Gasteiger partial charge in [0, 0.05) is 26.2 Å². The number of ether oxygens (including phenoxy) is 1. The Morgan fingerprint density at radius 2 is 1.86 bits per heavy atom. The summed E-state index contributed by atoms with van der Waals surface area (Å²) in [6, 6.07) is 15.0. The molecule has 0 amide bonds. The molecule has 3 rings (SSSR count). The van der Waals surface area contributed by atoms with Crippen molar-refractivity contribution in [3.8, 4) is 5.75 Å². The molecule has 0 spiro atoms. The first-order valence-corrected chi connectivity index (χ1v) is 7.45. The Morgan fingerprint density at radius 1 is 1.10 bits per heavy atom. The summed E-state index contributed by atoms with van der Waals surface area (Å²) >= 11 is 0. The van der Waals surface area contributed by atoms with Gasteiger partial charge < -0.3 is 10.5 Å². The SMILES string of the molecule is COc1cccc2c1CCN(Cc1ccc(CN)cc1)C2. The second-order valence-corrected chi connectivity index (χ2v) is 5.58. The molecule has 0 saturated carbocycles. The minimum absolute atomic E-state index is 0.608. The Labute approximate surface area is 126 Å². The maximum atomic E-state index is 5.64. The van der Waals surface area contributed by atoms with Gasteiger partial charge in [-0.2, -0.15) is 0 Å². The summed E-state index contributed by atoms with van der Waals surface area (Å²) in [6.45, 7) is 3.66. The van der Waals surface area contributed by atoms with Crippen molar-refractivity contribution in [2.45, 2.75) is 26.1 Å². The first kappa shape index (κ1) is 14.1. The summed E-state index contributed by atoms with van der Waals surface area (Å²) in [6.07, 6.45) is 1.06. The van der Waals surface area contributed by atoms with Crippen LogP contribution in [0, 0.1) is 0 Å². The molecule has 2 aromatic carbocycles. The Hall–Kier alpha value is -1.84. The van der Waals surface area contributed by atoms with Gasteiger partial charge in [-0.05, 0) is 34.7 Å². The van der Waals surface area contributed by atoms with Crippen LogP contribution in [0.15, 0.2) is 42.5 Å². The van der Waals surface area contributed by atoms with Crippen LogP contribution in [-0.2, 0) is 26.1 Å². The van der Waals surface area contributed by atoms with E-state index in [9.17, 15) is 0 Å². The Bertz CT molecular complexity index is 607. The maximum Gasteiger partial charge on any atom is 0.122 e. The first-order valence-electron chi connectivity index (χ1n) is 7.45. The van der Waals surface area contributed by atoms with Gasteiger partial charge in [0.05, 0.1) is 7.11 Å². The molecule has 1 heterocycles. The van der Waals surface area contributed by atoms with Crippen LogP contribution in [0.3, 0.4) is 0 Å². The Morgan fingerprint density at radius 3 is 2.57 bits per heavy atom. The molecule has 0 unspecified atom stereocenters. The lowest BCUT2D eigenvalue weighted by atomic mass is 9.98. The predicted molar refractivity (Wildman–Crippen MR) is 85.1 cm³/mol. The highest BCUT2D eigenvalue weighted by atomic mass is 16.5. The minimum atomic E-state index is 0.608. The zero-order chi connectivity index (χ0) is 14.7. The molecule has 0 atom stereocenters. The number of hydrogen-bond acceptors (Lipinski definition) is 3. The predicted octanol–water partition coefficient (Wildman–Crippen LogP) is 2.71. The number of fused-ring (bicyclic) bond motifs is 1. The summed E-state index contributed by atoms with van der Waals surface area (Å²) < 4.78 is 5.46. The normalized spacial score (nSPS) is 14.8. The van der Waals surface area contributed by atoms with E-state index in [1.807, 2.05) is 0 Å². The van der Waals surface area contributed by atoms with Gasteiger partial charge in [-0.1, -0.05) is 36.4 Å². The summed E-state index contributed by atoms with van der Waals surface area (Å²) in [5.74, 6) is 1.03. The summed E-state index contributed by atoms with van der Waals surface area (Å²) in [7, 11) is 1.75. The Balaban J connectivity index is 1.71. The molecule has 0 aromatic heterocycles. The van der Waals surface area contributed by atoms with Gasteiger partial charge in [-0.25, -0.2) is 0 Å². The standard InChI is InChI=1S/C18H22N2O/c1-21-18-4-2-3-16-13-20(10-9-17(16)18)12-15-7-5-14(11-19)6-8-15/h2-8H,9-13,19H2,1H3. The molecule has 2 aromatic rings. The van der Waals surface area contributed by atoms with E-state index in [1.54, 1.807) is 7.11 Å². The van der Waals surface area contributed by atoms with Crippen LogP contribution < -0.4 is 10.5 Å². The average Bonchev–Trinajstić information content (AvgIpc) is 2.54. The van der Waals surface area contributed by atoms with E-state index in [0.717, 1.165) is 31.8 Å². The first-order chi connectivity index (χ1) is 10.3. The fraction of sp³-hybridized carbons (Fsp3) is 0.333. The van der Waals surface area contributed by atoms with Crippen LogP contribution in [-0.4, -0.2) is 18.6 Å². The minimum Gasteiger partial charge on any atom is -0.496 e. The highest BCUT2D eigenvalue weighted by Crippen LogP contribution is 2.28. The molecule has 0 aliphatic carbocycles. The van der Waals surface area contributed by atoms with E-state index in [4.69, 9.17) is 10.5 Å². The van der Waals surface area contributed by atoms with Crippen molar-refractivity contribution < 1.29 is 4.74 Å². The molecular weight excluding hydrogens is 260 g/mol. The molecule has 21 heavy (non-hydrogen) atoms. The van der Waals surface area contributed by atoms with Gasteiger partial charge in [-0.3, -0.25) is 4.90 Å². The van der Waals surface area contributed by atoms with Crippen LogP contribution in [0.1, 0.15) is 22.3 Å². The van der Waals surface area contributed by atoms with Crippen LogP contribution in [0.25, 0.3) is 0 Å². The lowest BCUT2D eigenvalue weighted by molar-refractivity contribution is 0.242. The van der Waals surface area contributed by atoms with E-state index >= 15 is 0 Å². The summed E-state index contributed by atoms with van der Waals surface area (Å²) in [5.41, 5.74) is 10.9. The highest BCUT2D eigenvalue weighted by Gasteiger charge is 2.19. The zero-order valence-corrected chi connectivity index (χ0v) is 12.5. The van der Waals surface area contributed by atoms with Crippen molar-refractivity contribution >= 4 is 0 Å². The third-order valence-electron chi connectivity index (χ3n) is 4.19. The van der Waals surface area contributed by atoms with Gasteiger partial charge in [0.1, 0.15) is 5.75 Å². The number of benzene rings is 2. The van der Waals surface area contributed by atoms with Crippen LogP contribution >= 0.6 is 0 Å². The monoisotopic (exact) mass is 282 g/mol. The fourth-order valence-corrected chi connectivity index (χ4v) is 3.00. The molecule has 0 saturated heterocycles. The molecule has 0 bridgehead atoms. The molecule has 0 fully saturated rings. The summed E-state index contributed by atoms with van der Waals surface area (Å²) in [4.78, 5) is 2.49. The van der Waals surface area contributed by atoms with E-state index in [1.165, 1.54) is 22.3 Å². The topological polar surface area (TPSA) is 38.5 Å². The summed E-state index contributed by atoms with van der Waals surface area (Å²) in [5, 5.41) is 0. The van der Waals surface area contributed by atoms with Gasteiger partial charge in [0.2, 0.25) is 0 Å². The smallest absolute Gasteiger partial charge is 0.122 e. The van der Waals surface area contributed by atoms with E-state index in [-0.39, 0.29) is 0 Å². The largest absolute Gasteiger partial charge is 0.496 e. The van der Waals surface area contributed by atoms with Gasteiger partial charge >= 0.3 is 0 Å². The lowest BCUT2D eigenvalue weighted by Gasteiger charge is -2.29. The molecule has 3 nitrogen and oxygen atoms in total. The number of hydrogen-bond donors (Lipinski definition) is 1. The van der Waals surface area contributed by atoms with Crippen molar-refractivity contribution in [3.63, 3.8) is 0 Å². The van der Waals surface area contributed by atoms with Gasteiger partial charge in [0.15, 0.2) is 0 Å². The van der Waals surface area contributed by atoms with E-state index in [2.05, 4.69) is 47.4 Å². The van der Waals surface area contributed by atoms with Crippen molar-refractivity contribution in [1.82, 2.24) is 4.90 Å². The molecule has 3 heteroatoms. The van der Waals surface area contributed by atoms with E-state index < -0.39 is 0 Å². The third kappa shape index (κ3) is 3.09. The second kappa shape index (κ2) is 6.29. The average molecular weight is 282 g/mol. The number of rotatable bonds is 4. The fourth-order valence-electron chi connectivity index (χ4n) is 3.00. The molecular formula is C18H22N2O. The van der Waals surface area contributed by atoms with Crippen LogP contribution in [0.4, 0.5) is 0 Å². The quantitative estimate of drug-likeness (QED) is 0.937. The van der Waals surface area contributed by atoms with Crippen LogP contribution in [0.2, 0.25) is 0 Å². The molecule has 0 radical (unpaired) electrons. The Kier molecular flexibility index (Phi) is 4.23. The highest BCUT2D eigenvalue weighted by molar-refractivity contribution is 5.41. The molecule has 1 aliphatic heterocycles. The van der Waals surface area contributed by atoms with Gasteiger partial charge in [0.25, 0.3) is 0 Å². The van der Waals surface area contributed by atoms with E-state index in [0.29, 0.717) is 6.54 Å². The van der Waals surface area contributed by atoms with Gasteiger partial charge in [-0.15, -0.1) is 0 Å². The maximum absolute atomic E-state index is 5.64. The lowest BCUT2D eigenvalue weighted by Crippen LogP contribution is -2.30. The molecule has 2 N–H and O–H groups in total. The van der Waals surface area contributed by atoms with Crippen molar-refractivity contribution in [3.05, 3.63) is 64.7 Å². The van der Waals surface area contributed by atoms with Crippen molar-refractivity contribution in [2.75, 3.05) is 13.7 Å². The number of methoxy groups -OCH3 is 1. The van der Waals surface area contributed by atoms with Crippen molar-refractivity contribution in [2.24, 2.45) is 5.73 Å². The van der Waals surface area contributed by atoms with Crippen molar-refractivity contribution in [1.29, 1.82) is 0 Å². The molecule has 1 aliphatic rings. The zero-order valence-electron chi connectivity index (χ0n) is 12.5.